The molecule has 38 heavy (non-hydrogen) atoms. The minimum absolute atomic E-state index is 0.0401. The van der Waals surface area contributed by atoms with E-state index in [2.05, 4.69) is 5.32 Å². The molecule has 0 aromatic heterocycles. The van der Waals surface area contributed by atoms with Crippen LogP contribution in [0.5, 0.6) is 0 Å². The van der Waals surface area contributed by atoms with Gasteiger partial charge in [0.1, 0.15) is 17.4 Å². The third-order valence-electron chi connectivity index (χ3n) is 6.98. The number of hydroxylamine groups is 3. The second kappa shape index (κ2) is 12.6. The molecule has 10 nitrogen and oxygen atoms in total. The molecule has 0 saturated carbocycles. The van der Waals surface area contributed by atoms with Crippen LogP contribution in [0.4, 0.5) is 4.79 Å². The van der Waals surface area contributed by atoms with Gasteiger partial charge in [0.15, 0.2) is 12.3 Å². The van der Waals surface area contributed by atoms with Crippen molar-refractivity contribution in [2.24, 2.45) is 17.3 Å². The van der Waals surface area contributed by atoms with E-state index in [1.807, 2.05) is 26.8 Å². The number of carboxylic acids is 1. The highest BCUT2D eigenvalue weighted by molar-refractivity contribution is 5.75. The van der Waals surface area contributed by atoms with E-state index < -0.39 is 45.7 Å². The van der Waals surface area contributed by atoms with Gasteiger partial charge in [0, 0.05) is 26.1 Å². The summed E-state index contributed by atoms with van der Waals surface area (Å²) in [6.07, 6.45) is 3.07. The topological polar surface area (TPSA) is 131 Å². The minimum Gasteiger partial charge on any atom is -0.482 e. The van der Waals surface area contributed by atoms with Crippen LogP contribution in [0.3, 0.4) is 0 Å². The zero-order valence-electron chi connectivity index (χ0n) is 24.3. The van der Waals surface area contributed by atoms with E-state index in [-0.39, 0.29) is 30.3 Å². The number of alkyl carbamates (subject to hydrolysis) is 1. The number of methoxy groups -OCH3 is 1. The van der Waals surface area contributed by atoms with Crippen LogP contribution < -0.4 is 5.32 Å². The molecule has 1 aliphatic carbocycles. The summed E-state index contributed by atoms with van der Waals surface area (Å²) in [5.74, 6) is -1.68. The molecule has 0 unspecified atom stereocenters. The summed E-state index contributed by atoms with van der Waals surface area (Å²) >= 11 is 0. The first-order valence-corrected chi connectivity index (χ1v) is 13.6. The number of hydrogen-bond donors (Lipinski definition) is 3. The summed E-state index contributed by atoms with van der Waals surface area (Å²) in [7, 11) is 1.61. The lowest BCUT2D eigenvalue weighted by molar-refractivity contribution is -1.01. The van der Waals surface area contributed by atoms with Gasteiger partial charge in [0.2, 0.25) is 5.70 Å². The highest BCUT2D eigenvalue weighted by Crippen LogP contribution is 2.49. The molecule has 10 heteroatoms. The summed E-state index contributed by atoms with van der Waals surface area (Å²) in [5, 5.41) is 24.1. The fourth-order valence-corrected chi connectivity index (χ4v) is 5.40. The van der Waals surface area contributed by atoms with Crippen molar-refractivity contribution in [1.82, 2.24) is 5.32 Å². The first kappa shape index (κ1) is 31.8. The number of carbonyl (C=O) groups is 3. The highest BCUT2D eigenvalue weighted by Gasteiger charge is 2.56. The molecular formula is C28H47N2O8+. The van der Waals surface area contributed by atoms with Gasteiger partial charge >= 0.3 is 18.0 Å². The molecule has 0 spiro atoms. The maximum atomic E-state index is 14.1. The standard InChI is InChI=1S/C28H46N2O8/c1-9-11-19(12-10-13-22(31)32)25(33)30(35)17-18(2)37-24-20(14-15-36-8)28(6,7)16-21(23(24)30)29-26(34)38-27(3,4)5/h16,18-20,35H,9-15,17H2,1-8H3,(H-,29,31,32,34)/p+1/t18-,19+,20+,30+/m1/s1. The number of hydrogen-bond acceptors (Lipinski definition) is 7. The van der Waals surface area contributed by atoms with Crippen LogP contribution in [0.15, 0.2) is 23.2 Å². The van der Waals surface area contributed by atoms with E-state index >= 15 is 0 Å². The van der Waals surface area contributed by atoms with Gasteiger partial charge in [-0.25, -0.2) is 14.8 Å². The van der Waals surface area contributed by atoms with Gasteiger partial charge < -0.3 is 19.3 Å². The van der Waals surface area contributed by atoms with Gasteiger partial charge in [-0.1, -0.05) is 31.8 Å². The number of nitrogens with one attached hydrogen (secondary N) is 1. The zero-order chi connectivity index (χ0) is 28.9. The maximum Gasteiger partial charge on any atom is 0.412 e. The smallest absolute Gasteiger partial charge is 0.412 e. The largest absolute Gasteiger partial charge is 0.482 e. The molecule has 0 aromatic rings. The number of aliphatic carboxylic acids is 1. The summed E-state index contributed by atoms with van der Waals surface area (Å²) in [6, 6.07) is 0. The Balaban J connectivity index is 2.63. The normalized spacial score (nSPS) is 25.6. The monoisotopic (exact) mass is 539 g/mol. The summed E-state index contributed by atoms with van der Waals surface area (Å²) in [6.45, 7) is 13.4. The lowest BCUT2D eigenvalue weighted by Crippen LogP contribution is -2.61. The van der Waals surface area contributed by atoms with Gasteiger partial charge in [-0.2, -0.15) is 0 Å². The quantitative estimate of drug-likeness (QED) is 0.243. The second-order valence-electron chi connectivity index (χ2n) is 12.0. The van der Waals surface area contributed by atoms with Crippen molar-refractivity contribution < 1.29 is 43.6 Å². The summed E-state index contributed by atoms with van der Waals surface area (Å²) in [5.41, 5.74) is -0.769. The second-order valence-corrected chi connectivity index (χ2v) is 12.0. The van der Waals surface area contributed by atoms with Crippen molar-refractivity contribution >= 4 is 18.0 Å². The molecule has 3 N–H and O–H groups in total. The lowest BCUT2D eigenvalue weighted by Gasteiger charge is -2.46. The Labute approximate surface area is 226 Å². The molecule has 2 amide bonds. The van der Waals surface area contributed by atoms with E-state index in [1.54, 1.807) is 34.8 Å². The van der Waals surface area contributed by atoms with E-state index in [4.69, 9.17) is 19.3 Å². The van der Waals surface area contributed by atoms with Gasteiger partial charge in [-0.3, -0.25) is 10.1 Å². The van der Waals surface area contributed by atoms with Crippen molar-refractivity contribution in [1.29, 1.82) is 0 Å². The fraction of sp³-hybridized carbons (Fsp3) is 0.750. The molecular weight excluding hydrogens is 492 g/mol. The SMILES string of the molecule is CCC[C@@H](CCCC(=O)O)C(=O)[N@+]1(O)C[C@@H](C)OC2=C1C(NC(=O)OC(C)(C)C)=CC(C)(C)[C@H]2CCOC. The molecule has 1 aliphatic heterocycles. The average Bonchev–Trinajstić information content (AvgIpc) is 2.75. The molecule has 216 valence electrons. The lowest BCUT2D eigenvalue weighted by atomic mass is 9.71. The Hall–Kier alpha value is -2.43. The Bertz CT molecular complexity index is 949. The number of carbonyl (C=O) groups excluding carboxylic acids is 2. The number of quaternary nitrogens is 1. The van der Waals surface area contributed by atoms with Crippen LogP contribution >= 0.6 is 0 Å². The summed E-state index contributed by atoms with van der Waals surface area (Å²) in [4.78, 5) is 38.1. The summed E-state index contributed by atoms with van der Waals surface area (Å²) < 4.78 is 16.1. The van der Waals surface area contributed by atoms with Crippen molar-refractivity contribution in [2.75, 3.05) is 20.3 Å². The van der Waals surface area contributed by atoms with E-state index in [1.165, 1.54) is 0 Å². The Morgan fingerprint density at radius 3 is 2.47 bits per heavy atom. The van der Waals surface area contributed by atoms with Crippen LogP contribution in [0.1, 0.15) is 87.0 Å². The van der Waals surface area contributed by atoms with Crippen molar-refractivity contribution in [3.8, 4) is 0 Å². The van der Waals surface area contributed by atoms with Gasteiger partial charge in [-0.05, 0) is 64.9 Å². The van der Waals surface area contributed by atoms with Gasteiger partial charge in [-0.15, -0.1) is 0 Å². The number of ether oxygens (including phenoxy) is 3. The van der Waals surface area contributed by atoms with E-state index in [0.717, 1.165) is 0 Å². The Morgan fingerprint density at radius 1 is 1.26 bits per heavy atom. The average molecular weight is 540 g/mol. The zero-order valence-corrected chi connectivity index (χ0v) is 24.3. The van der Waals surface area contributed by atoms with Crippen LogP contribution in [-0.4, -0.2) is 64.9 Å². The maximum absolute atomic E-state index is 14.1. The molecule has 4 atom stereocenters. The predicted octanol–water partition coefficient (Wildman–Crippen LogP) is 5.12. The molecule has 0 fully saturated rings. The fourth-order valence-electron chi connectivity index (χ4n) is 5.40. The third-order valence-corrected chi connectivity index (χ3v) is 6.98. The Morgan fingerprint density at radius 2 is 1.92 bits per heavy atom. The molecule has 0 aromatic carbocycles. The number of allylic oxidation sites excluding steroid dienone is 2. The number of nitrogens with zero attached hydrogens (tertiary/aromatic N) is 1. The Kier molecular flexibility index (Phi) is 10.6. The number of carboxylic acid groups (broad SMARTS) is 1. The number of amides is 2. The molecule has 1 heterocycles. The highest BCUT2D eigenvalue weighted by atomic mass is 16.6. The van der Waals surface area contributed by atoms with Crippen LogP contribution in [-0.2, 0) is 23.8 Å². The van der Waals surface area contributed by atoms with E-state index in [9.17, 15) is 19.6 Å². The van der Waals surface area contributed by atoms with E-state index in [0.29, 0.717) is 44.5 Å². The molecule has 0 radical (unpaired) electrons. The van der Waals surface area contributed by atoms with Crippen LogP contribution in [0.25, 0.3) is 0 Å². The molecule has 2 rings (SSSR count). The van der Waals surface area contributed by atoms with Crippen molar-refractivity contribution in [3.63, 3.8) is 0 Å². The van der Waals surface area contributed by atoms with Crippen molar-refractivity contribution in [2.45, 2.75) is 98.7 Å². The third kappa shape index (κ3) is 7.80. The van der Waals surface area contributed by atoms with Crippen LogP contribution in [0.2, 0.25) is 0 Å². The molecule has 0 saturated heterocycles. The van der Waals surface area contributed by atoms with Crippen molar-refractivity contribution in [3.05, 3.63) is 23.2 Å². The van der Waals surface area contributed by atoms with Crippen LogP contribution in [0, 0.1) is 17.3 Å². The molecule has 2 aliphatic rings. The molecule has 0 bridgehead atoms. The first-order valence-electron chi connectivity index (χ1n) is 13.6. The minimum atomic E-state index is -1.03. The van der Waals surface area contributed by atoms with Gasteiger partial charge in [0.25, 0.3) is 0 Å². The number of rotatable bonds is 11. The van der Waals surface area contributed by atoms with Gasteiger partial charge in [0.05, 0.1) is 5.92 Å². The predicted molar refractivity (Wildman–Crippen MR) is 141 cm³/mol. The first-order chi connectivity index (χ1) is 17.6.